The van der Waals surface area contributed by atoms with Crippen molar-refractivity contribution in [2.45, 2.75) is 309 Å². The number of amides is 1. The van der Waals surface area contributed by atoms with Crippen LogP contribution in [0.2, 0.25) is 0 Å². The molecule has 0 aliphatic rings. The van der Waals surface area contributed by atoms with E-state index in [-0.39, 0.29) is 24.9 Å². The Bertz CT molecular complexity index is 966. The molecule has 0 aromatic carbocycles. The minimum atomic E-state index is -0.787. The lowest BCUT2D eigenvalue weighted by Crippen LogP contribution is -2.46. The second-order valence-corrected chi connectivity index (χ2v) is 18.7. The van der Waals surface area contributed by atoms with E-state index < -0.39 is 18.2 Å². The van der Waals surface area contributed by atoms with Gasteiger partial charge >= 0.3 is 5.97 Å². The van der Waals surface area contributed by atoms with Gasteiger partial charge in [0.2, 0.25) is 5.91 Å². The average Bonchev–Trinajstić information content (AvgIpc) is 3.25. The number of ether oxygens (including phenoxy) is 1. The molecular formula is C55H105NO5. The van der Waals surface area contributed by atoms with Gasteiger partial charge in [0.1, 0.15) is 6.10 Å². The molecule has 61 heavy (non-hydrogen) atoms. The molecule has 6 nitrogen and oxygen atoms in total. The van der Waals surface area contributed by atoms with E-state index in [0.29, 0.717) is 19.3 Å². The van der Waals surface area contributed by atoms with Gasteiger partial charge in [-0.1, -0.05) is 251 Å². The molecule has 3 unspecified atom stereocenters. The Labute approximate surface area is 380 Å². The first-order valence-electron chi connectivity index (χ1n) is 27.1. The van der Waals surface area contributed by atoms with Crippen molar-refractivity contribution in [3.05, 3.63) is 24.3 Å². The Morgan fingerprint density at radius 2 is 0.820 bits per heavy atom. The van der Waals surface area contributed by atoms with Crippen LogP contribution in [0.25, 0.3) is 0 Å². The number of allylic oxidation sites excluding steroid dienone is 4. The highest BCUT2D eigenvalue weighted by Crippen LogP contribution is 2.18. The van der Waals surface area contributed by atoms with E-state index in [1.165, 1.54) is 180 Å². The van der Waals surface area contributed by atoms with Gasteiger partial charge in [0.25, 0.3) is 0 Å². The zero-order valence-electron chi connectivity index (χ0n) is 41.1. The molecular weight excluding hydrogens is 755 g/mol. The molecule has 1 amide bonds. The van der Waals surface area contributed by atoms with Crippen molar-refractivity contribution in [1.82, 2.24) is 5.32 Å². The first kappa shape index (κ1) is 59.3. The zero-order chi connectivity index (χ0) is 44.5. The van der Waals surface area contributed by atoms with E-state index >= 15 is 0 Å². The monoisotopic (exact) mass is 860 g/mol. The standard InChI is InChI=1S/C55H105NO5/c1-4-7-10-13-16-19-22-24-26-28-30-32-34-37-40-43-46-51(49-54(59)56-52(50-57)53(58)47-44-41-38-35-21-18-15-12-9-6-3)61-55(60)48-45-42-39-36-33-31-29-27-25-23-20-17-14-11-8-5-2/h27,29,31,33,51-53,57-58H,4-26,28,30,32,34-50H2,1-3H3,(H,56,59)/b29-27+,33-31+. The van der Waals surface area contributed by atoms with E-state index in [2.05, 4.69) is 50.4 Å². The SMILES string of the molecule is CCCCCCCCC/C=C/C=C/CCCCCC(=O)OC(CCCCCCCCCCCCCCCCCC)CC(=O)NC(CO)C(O)CCCCCCCCCCCC. The van der Waals surface area contributed by atoms with Gasteiger partial charge in [-0.3, -0.25) is 9.59 Å². The second kappa shape index (κ2) is 49.4. The number of nitrogens with one attached hydrogen (secondary N) is 1. The number of hydrogen-bond donors (Lipinski definition) is 3. The highest BCUT2D eigenvalue weighted by molar-refractivity contribution is 5.77. The topological polar surface area (TPSA) is 95.9 Å². The number of carbonyl (C=O) groups excluding carboxylic acids is 2. The first-order valence-corrected chi connectivity index (χ1v) is 27.1. The smallest absolute Gasteiger partial charge is 0.306 e. The summed E-state index contributed by atoms with van der Waals surface area (Å²) in [5.74, 6) is -0.489. The van der Waals surface area contributed by atoms with Gasteiger partial charge in [0, 0.05) is 6.42 Å². The number of aliphatic hydroxyl groups is 2. The van der Waals surface area contributed by atoms with Crippen LogP contribution in [0.3, 0.4) is 0 Å². The molecule has 0 rings (SSSR count). The van der Waals surface area contributed by atoms with Gasteiger partial charge in [-0.15, -0.1) is 0 Å². The van der Waals surface area contributed by atoms with Crippen molar-refractivity contribution in [2.24, 2.45) is 0 Å². The summed E-state index contributed by atoms with van der Waals surface area (Å²) < 4.78 is 5.94. The molecule has 0 saturated carbocycles. The molecule has 0 aromatic rings. The predicted octanol–water partition coefficient (Wildman–Crippen LogP) is 16.3. The maximum Gasteiger partial charge on any atom is 0.306 e. The average molecular weight is 860 g/mol. The molecule has 0 fully saturated rings. The quantitative estimate of drug-likeness (QED) is 0.0322. The number of esters is 1. The van der Waals surface area contributed by atoms with Gasteiger partial charge in [0.15, 0.2) is 0 Å². The Balaban J connectivity index is 4.58. The van der Waals surface area contributed by atoms with Gasteiger partial charge in [-0.2, -0.15) is 0 Å². The highest BCUT2D eigenvalue weighted by atomic mass is 16.5. The predicted molar refractivity (Wildman–Crippen MR) is 264 cm³/mol. The normalized spacial score (nSPS) is 13.3. The van der Waals surface area contributed by atoms with Crippen LogP contribution in [0, 0.1) is 0 Å². The maximum absolute atomic E-state index is 13.2. The number of hydrogen-bond acceptors (Lipinski definition) is 5. The van der Waals surface area contributed by atoms with Crippen molar-refractivity contribution < 1.29 is 24.5 Å². The molecule has 360 valence electrons. The van der Waals surface area contributed by atoms with Crippen LogP contribution in [0.1, 0.15) is 290 Å². The summed E-state index contributed by atoms with van der Waals surface area (Å²) in [7, 11) is 0. The summed E-state index contributed by atoms with van der Waals surface area (Å²) >= 11 is 0. The Kier molecular flexibility index (Phi) is 48.0. The molecule has 3 atom stereocenters. The molecule has 0 spiro atoms. The maximum atomic E-state index is 13.2. The van der Waals surface area contributed by atoms with Crippen LogP contribution in [-0.4, -0.2) is 46.9 Å². The zero-order valence-corrected chi connectivity index (χ0v) is 41.1. The lowest BCUT2D eigenvalue weighted by Gasteiger charge is -2.24. The number of unbranched alkanes of at least 4 members (excludes halogenated alkanes) is 34. The summed E-state index contributed by atoms with van der Waals surface area (Å²) in [5.41, 5.74) is 0. The molecule has 0 aliphatic heterocycles. The Hall–Kier alpha value is -1.66. The fourth-order valence-corrected chi connectivity index (χ4v) is 8.42. The number of aliphatic hydroxyl groups excluding tert-OH is 2. The minimum Gasteiger partial charge on any atom is -0.462 e. The number of rotatable bonds is 49. The Morgan fingerprint density at radius 3 is 1.21 bits per heavy atom. The third-order valence-corrected chi connectivity index (χ3v) is 12.6. The molecule has 0 saturated heterocycles. The van der Waals surface area contributed by atoms with Crippen molar-refractivity contribution >= 4 is 11.9 Å². The van der Waals surface area contributed by atoms with E-state index in [4.69, 9.17) is 4.74 Å². The molecule has 0 aromatic heterocycles. The van der Waals surface area contributed by atoms with Gasteiger partial charge < -0.3 is 20.3 Å². The molecule has 0 aliphatic carbocycles. The summed E-state index contributed by atoms with van der Waals surface area (Å²) in [6.07, 6.45) is 56.7. The Morgan fingerprint density at radius 1 is 0.475 bits per heavy atom. The van der Waals surface area contributed by atoms with Crippen molar-refractivity contribution in [1.29, 1.82) is 0 Å². The lowest BCUT2D eigenvalue weighted by atomic mass is 10.0. The second-order valence-electron chi connectivity index (χ2n) is 18.7. The van der Waals surface area contributed by atoms with Crippen molar-refractivity contribution in [2.75, 3.05) is 6.61 Å². The van der Waals surface area contributed by atoms with Crippen molar-refractivity contribution in [3.8, 4) is 0 Å². The van der Waals surface area contributed by atoms with Crippen LogP contribution in [0.4, 0.5) is 0 Å². The summed E-state index contributed by atoms with van der Waals surface area (Å²) in [4.78, 5) is 26.2. The number of carbonyl (C=O) groups is 2. The molecule has 0 radical (unpaired) electrons. The van der Waals surface area contributed by atoms with E-state index in [0.717, 1.165) is 64.2 Å². The van der Waals surface area contributed by atoms with Gasteiger partial charge in [-0.05, 0) is 51.4 Å². The summed E-state index contributed by atoms with van der Waals surface area (Å²) in [5, 5.41) is 23.7. The van der Waals surface area contributed by atoms with Crippen LogP contribution in [0.5, 0.6) is 0 Å². The van der Waals surface area contributed by atoms with E-state index in [1.54, 1.807) is 0 Å². The molecule has 3 N–H and O–H groups in total. The van der Waals surface area contributed by atoms with Gasteiger partial charge in [0.05, 0.1) is 25.2 Å². The lowest BCUT2D eigenvalue weighted by molar-refractivity contribution is -0.151. The fraction of sp³-hybridized carbons (Fsp3) is 0.891. The highest BCUT2D eigenvalue weighted by Gasteiger charge is 2.24. The largest absolute Gasteiger partial charge is 0.462 e. The minimum absolute atomic E-state index is 0.0726. The van der Waals surface area contributed by atoms with Crippen LogP contribution in [0.15, 0.2) is 24.3 Å². The molecule has 0 heterocycles. The van der Waals surface area contributed by atoms with Crippen LogP contribution < -0.4 is 5.32 Å². The third-order valence-electron chi connectivity index (χ3n) is 12.6. The summed E-state index contributed by atoms with van der Waals surface area (Å²) in [6.45, 7) is 6.49. The van der Waals surface area contributed by atoms with E-state index in [1.807, 2.05) is 0 Å². The molecule has 0 bridgehead atoms. The fourth-order valence-electron chi connectivity index (χ4n) is 8.42. The third kappa shape index (κ3) is 44.7. The molecule has 6 heteroatoms. The van der Waals surface area contributed by atoms with Crippen LogP contribution in [-0.2, 0) is 14.3 Å². The van der Waals surface area contributed by atoms with Crippen molar-refractivity contribution in [3.63, 3.8) is 0 Å². The summed E-state index contributed by atoms with van der Waals surface area (Å²) in [6, 6.07) is -0.701. The van der Waals surface area contributed by atoms with Gasteiger partial charge in [-0.25, -0.2) is 0 Å². The van der Waals surface area contributed by atoms with Crippen LogP contribution >= 0.6 is 0 Å². The van der Waals surface area contributed by atoms with E-state index in [9.17, 15) is 19.8 Å². The first-order chi connectivity index (χ1) is 30.0.